The fourth-order valence-electron chi connectivity index (χ4n) is 1.88. The van der Waals surface area contributed by atoms with E-state index in [1.165, 1.54) is 11.3 Å². The molecule has 0 bridgehead atoms. The summed E-state index contributed by atoms with van der Waals surface area (Å²) in [6.45, 7) is 7.09. The van der Waals surface area contributed by atoms with E-state index >= 15 is 0 Å². The zero-order valence-corrected chi connectivity index (χ0v) is 12.2. The lowest BCUT2D eigenvalue weighted by Gasteiger charge is -2.12. The van der Waals surface area contributed by atoms with Crippen molar-refractivity contribution in [2.45, 2.75) is 20.8 Å². The molecule has 0 aliphatic heterocycles. The lowest BCUT2D eigenvalue weighted by atomic mass is 10.1. The second-order valence-electron chi connectivity index (χ2n) is 3.99. The maximum atomic E-state index is 5.74. The number of nitrogen functional groups attached to an aromatic ring is 1. The van der Waals surface area contributed by atoms with Crippen LogP contribution in [0.2, 0.25) is 0 Å². The van der Waals surface area contributed by atoms with Crippen LogP contribution in [0.5, 0.6) is 11.5 Å². The molecular weight excluding hydrogens is 260 g/mol. The summed E-state index contributed by atoms with van der Waals surface area (Å²) in [4.78, 5) is 5.32. The second kappa shape index (κ2) is 5.93. The van der Waals surface area contributed by atoms with Gasteiger partial charge in [0.25, 0.3) is 0 Å². The predicted molar refractivity (Wildman–Crippen MR) is 79.0 cm³/mol. The van der Waals surface area contributed by atoms with Gasteiger partial charge in [-0.15, -0.1) is 0 Å². The molecule has 2 rings (SSSR count). The molecule has 0 amide bonds. The minimum absolute atomic E-state index is 0.583. The first-order valence-corrected chi connectivity index (χ1v) is 7.10. The van der Waals surface area contributed by atoms with E-state index < -0.39 is 0 Å². The van der Waals surface area contributed by atoms with Crippen LogP contribution in [0.3, 0.4) is 0 Å². The summed E-state index contributed by atoms with van der Waals surface area (Å²) >= 11 is 1.48. The number of aromatic nitrogens is 1. The molecule has 0 saturated carbocycles. The zero-order valence-electron chi connectivity index (χ0n) is 11.4. The van der Waals surface area contributed by atoms with Gasteiger partial charge in [-0.05, 0) is 44.5 Å². The number of nitrogens with two attached hydrogens (primary N) is 1. The number of anilines is 1. The van der Waals surface area contributed by atoms with E-state index in [-0.39, 0.29) is 0 Å². The van der Waals surface area contributed by atoms with E-state index in [1.54, 1.807) is 0 Å². The van der Waals surface area contributed by atoms with E-state index in [0.29, 0.717) is 18.3 Å². The van der Waals surface area contributed by atoms with Crippen molar-refractivity contribution in [2.24, 2.45) is 0 Å². The Balaban J connectivity index is 2.42. The maximum Gasteiger partial charge on any atom is 0.180 e. The summed E-state index contributed by atoms with van der Waals surface area (Å²) in [5.74, 6) is 1.52. The SMILES string of the molecule is CCOc1ccc(-c2sc(N)nc2C)cc1OCC. The number of hydrogen-bond donors (Lipinski definition) is 1. The molecule has 0 unspecified atom stereocenters. The van der Waals surface area contributed by atoms with Crippen LogP contribution in [0.1, 0.15) is 19.5 Å². The van der Waals surface area contributed by atoms with Crippen LogP contribution >= 0.6 is 11.3 Å². The zero-order chi connectivity index (χ0) is 13.8. The Hall–Kier alpha value is -1.75. The fraction of sp³-hybridized carbons (Fsp3) is 0.357. The largest absolute Gasteiger partial charge is 0.490 e. The molecule has 1 aromatic heterocycles. The summed E-state index contributed by atoms with van der Waals surface area (Å²) in [6, 6.07) is 5.92. The van der Waals surface area contributed by atoms with Crippen LogP contribution < -0.4 is 15.2 Å². The van der Waals surface area contributed by atoms with E-state index in [2.05, 4.69) is 4.98 Å². The molecular formula is C14H18N2O2S. The molecule has 0 radical (unpaired) electrons. The number of nitrogens with zero attached hydrogens (tertiary/aromatic N) is 1. The molecule has 0 aliphatic rings. The Morgan fingerprint density at radius 1 is 1.16 bits per heavy atom. The van der Waals surface area contributed by atoms with Crippen LogP contribution in [0.15, 0.2) is 18.2 Å². The molecule has 0 atom stereocenters. The molecule has 0 fully saturated rings. The monoisotopic (exact) mass is 278 g/mol. The molecule has 0 saturated heterocycles. The van der Waals surface area contributed by atoms with Gasteiger partial charge in [-0.25, -0.2) is 4.98 Å². The third-order valence-electron chi connectivity index (χ3n) is 2.62. The number of hydrogen-bond acceptors (Lipinski definition) is 5. The van der Waals surface area contributed by atoms with Crippen molar-refractivity contribution < 1.29 is 9.47 Å². The second-order valence-corrected chi connectivity index (χ2v) is 5.02. The highest BCUT2D eigenvalue weighted by Gasteiger charge is 2.12. The standard InChI is InChI=1S/C14H18N2O2S/c1-4-17-11-7-6-10(8-12(11)18-5-2)13-9(3)16-14(15)19-13/h6-8H,4-5H2,1-3H3,(H2,15,16). The van der Waals surface area contributed by atoms with Crippen LogP contribution in [-0.4, -0.2) is 18.2 Å². The summed E-state index contributed by atoms with van der Waals surface area (Å²) in [5.41, 5.74) is 7.74. The number of benzene rings is 1. The third kappa shape index (κ3) is 2.98. The molecule has 19 heavy (non-hydrogen) atoms. The fourth-order valence-corrected chi connectivity index (χ4v) is 2.71. The molecule has 1 heterocycles. The quantitative estimate of drug-likeness (QED) is 0.909. The van der Waals surface area contributed by atoms with Gasteiger partial charge >= 0.3 is 0 Å². The summed E-state index contributed by atoms with van der Waals surface area (Å²) < 4.78 is 11.2. The topological polar surface area (TPSA) is 57.4 Å². The van der Waals surface area contributed by atoms with Gasteiger partial charge in [0.2, 0.25) is 0 Å². The van der Waals surface area contributed by atoms with Crippen molar-refractivity contribution in [1.29, 1.82) is 0 Å². The van der Waals surface area contributed by atoms with E-state index in [0.717, 1.165) is 27.6 Å². The highest BCUT2D eigenvalue weighted by Crippen LogP contribution is 2.37. The number of aryl methyl sites for hydroxylation is 1. The molecule has 102 valence electrons. The van der Waals surface area contributed by atoms with Crippen molar-refractivity contribution in [1.82, 2.24) is 4.98 Å². The Labute approximate surface area is 117 Å². The normalized spacial score (nSPS) is 10.5. The van der Waals surface area contributed by atoms with Gasteiger partial charge in [0.05, 0.1) is 23.8 Å². The van der Waals surface area contributed by atoms with Crippen LogP contribution in [0, 0.1) is 6.92 Å². The average molecular weight is 278 g/mol. The molecule has 4 nitrogen and oxygen atoms in total. The van der Waals surface area contributed by atoms with Crippen LogP contribution in [-0.2, 0) is 0 Å². The van der Waals surface area contributed by atoms with Gasteiger partial charge in [0.1, 0.15) is 0 Å². The summed E-state index contributed by atoms with van der Waals surface area (Å²) in [6.07, 6.45) is 0. The van der Waals surface area contributed by atoms with Crippen molar-refractivity contribution in [3.8, 4) is 21.9 Å². The van der Waals surface area contributed by atoms with Crippen molar-refractivity contribution in [2.75, 3.05) is 18.9 Å². The van der Waals surface area contributed by atoms with Gasteiger partial charge < -0.3 is 15.2 Å². The molecule has 5 heteroatoms. The highest BCUT2D eigenvalue weighted by molar-refractivity contribution is 7.18. The molecule has 2 N–H and O–H groups in total. The lowest BCUT2D eigenvalue weighted by molar-refractivity contribution is 0.288. The van der Waals surface area contributed by atoms with Gasteiger partial charge in [0.15, 0.2) is 16.6 Å². The van der Waals surface area contributed by atoms with E-state index in [9.17, 15) is 0 Å². The summed E-state index contributed by atoms with van der Waals surface area (Å²) in [7, 11) is 0. The van der Waals surface area contributed by atoms with Crippen molar-refractivity contribution in [3.05, 3.63) is 23.9 Å². The lowest BCUT2D eigenvalue weighted by Crippen LogP contribution is -1.98. The first-order chi connectivity index (χ1) is 9.15. The summed E-state index contributed by atoms with van der Waals surface area (Å²) in [5, 5.41) is 0.583. The Morgan fingerprint density at radius 2 is 1.84 bits per heavy atom. The Bertz CT molecular complexity index is 567. The molecule has 0 aliphatic carbocycles. The number of rotatable bonds is 5. The van der Waals surface area contributed by atoms with Gasteiger partial charge in [0, 0.05) is 0 Å². The minimum atomic E-state index is 0.583. The van der Waals surface area contributed by atoms with E-state index in [4.69, 9.17) is 15.2 Å². The highest BCUT2D eigenvalue weighted by atomic mass is 32.1. The average Bonchev–Trinajstić information content (AvgIpc) is 2.71. The first-order valence-electron chi connectivity index (χ1n) is 6.28. The Kier molecular flexibility index (Phi) is 4.27. The molecule has 0 spiro atoms. The smallest absolute Gasteiger partial charge is 0.180 e. The number of thiazole rings is 1. The first kappa shape index (κ1) is 13.7. The van der Waals surface area contributed by atoms with Crippen molar-refractivity contribution >= 4 is 16.5 Å². The Morgan fingerprint density at radius 3 is 2.42 bits per heavy atom. The molecule has 2 aromatic rings. The molecule has 1 aromatic carbocycles. The maximum absolute atomic E-state index is 5.74. The van der Waals surface area contributed by atoms with Crippen molar-refractivity contribution in [3.63, 3.8) is 0 Å². The van der Waals surface area contributed by atoms with Crippen LogP contribution in [0.25, 0.3) is 10.4 Å². The van der Waals surface area contributed by atoms with Gasteiger partial charge in [-0.3, -0.25) is 0 Å². The third-order valence-corrected chi connectivity index (χ3v) is 3.65. The van der Waals surface area contributed by atoms with Crippen LogP contribution in [0.4, 0.5) is 5.13 Å². The van der Waals surface area contributed by atoms with E-state index in [1.807, 2.05) is 39.0 Å². The van der Waals surface area contributed by atoms with Gasteiger partial charge in [-0.2, -0.15) is 0 Å². The number of ether oxygens (including phenoxy) is 2. The minimum Gasteiger partial charge on any atom is -0.490 e. The van der Waals surface area contributed by atoms with Gasteiger partial charge in [-0.1, -0.05) is 11.3 Å². The predicted octanol–water partition coefficient (Wildman–Crippen LogP) is 3.50.